The molecule has 17 heavy (non-hydrogen) atoms. The predicted octanol–water partition coefficient (Wildman–Crippen LogP) is 0.662. The molecule has 0 amide bonds. The minimum Gasteiger partial charge on any atom is -0.481 e. The number of hydrogen-bond acceptors (Lipinski definition) is 6. The average Bonchev–Trinajstić information content (AvgIpc) is 2.87. The van der Waals surface area contributed by atoms with E-state index in [2.05, 4.69) is 24.7 Å². The summed E-state index contributed by atoms with van der Waals surface area (Å²) in [6, 6.07) is 1.61. The fourth-order valence-corrected chi connectivity index (χ4v) is 1.25. The van der Waals surface area contributed by atoms with Crippen molar-refractivity contribution in [2.45, 2.75) is 0 Å². The number of aromatic amines is 1. The van der Waals surface area contributed by atoms with Gasteiger partial charge in [-0.05, 0) is 0 Å². The summed E-state index contributed by atoms with van der Waals surface area (Å²) in [5.41, 5.74) is 0.798. The van der Waals surface area contributed by atoms with Gasteiger partial charge in [-0.1, -0.05) is 0 Å². The molecule has 0 aliphatic rings. The summed E-state index contributed by atoms with van der Waals surface area (Å²) in [7, 11) is 2.81. The van der Waals surface area contributed by atoms with Gasteiger partial charge in [0.1, 0.15) is 17.7 Å². The van der Waals surface area contributed by atoms with Gasteiger partial charge in [-0.3, -0.25) is 0 Å². The van der Waals surface area contributed by atoms with E-state index in [0.717, 1.165) is 0 Å². The molecular weight excluding hydrogens is 224 g/mol. The molecule has 0 aliphatic carbocycles. The van der Waals surface area contributed by atoms with Crippen molar-refractivity contribution in [3.05, 3.63) is 24.3 Å². The van der Waals surface area contributed by atoms with Crippen LogP contribution in [0.5, 0.6) is 5.88 Å². The molecule has 1 N–H and O–H groups in total. The maximum absolute atomic E-state index is 11.2. The van der Waals surface area contributed by atoms with Crippen molar-refractivity contribution in [3.8, 4) is 17.4 Å². The number of methoxy groups -OCH3 is 2. The number of esters is 1. The van der Waals surface area contributed by atoms with Gasteiger partial charge in [-0.25, -0.2) is 19.7 Å². The maximum Gasteiger partial charge on any atom is 0.356 e. The van der Waals surface area contributed by atoms with Gasteiger partial charge in [-0.15, -0.1) is 0 Å². The van der Waals surface area contributed by atoms with Crippen LogP contribution < -0.4 is 4.74 Å². The van der Waals surface area contributed by atoms with Crippen LogP contribution in [-0.4, -0.2) is 40.1 Å². The molecule has 0 bridgehead atoms. The fraction of sp³-hybridized carbons (Fsp3) is 0.200. The highest BCUT2D eigenvalue weighted by molar-refractivity contribution is 5.87. The lowest BCUT2D eigenvalue weighted by molar-refractivity contribution is 0.0595. The van der Waals surface area contributed by atoms with Gasteiger partial charge in [0.2, 0.25) is 5.88 Å². The Labute approximate surface area is 96.8 Å². The third-order valence-corrected chi connectivity index (χ3v) is 2.07. The van der Waals surface area contributed by atoms with Crippen LogP contribution in [0.3, 0.4) is 0 Å². The molecule has 0 aromatic carbocycles. The first-order chi connectivity index (χ1) is 8.24. The van der Waals surface area contributed by atoms with Crippen molar-refractivity contribution >= 4 is 5.97 Å². The Balaban J connectivity index is 2.33. The van der Waals surface area contributed by atoms with Crippen LogP contribution in [0.2, 0.25) is 0 Å². The molecule has 0 saturated carbocycles. The number of hydrogen-bond donors (Lipinski definition) is 1. The summed E-state index contributed by atoms with van der Waals surface area (Å²) in [4.78, 5) is 26.0. The smallest absolute Gasteiger partial charge is 0.356 e. The molecule has 0 radical (unpaired) electrons. The van der Waals surface area contributed by atoms with E-state index in [1.165, 1.54) is 26.7 Å². The number of H-pyrrole nitrogens is 1. The number of carbonyl (C=O) groups excluding carboxylic acids is 1. The molecule has 7 heteroatoms. The number of aromatic nitrogens is 4. The molecule has 0 spiro atoms. The molecule has 0 aliphatic heterocycles. The molecule has 0 unspecified atom stereocenters. The summed E-state index contributed by atoms with van der Waals surface area (Å²) in [5, 5.41) is 0. The highest BCUT2D eigenvalue weighted by atomic mass is 16.5. The van der Waals surface area contributed by atoms with Crippen molar-refractivity contribution in [2.75, 3.05) is 14.2 Å². The predicted molar refractivity (Wildman–Crippen MR) is 57.5 cm³/mol. The number of rotatable bonds is 3. The van der Waals surface area contributed by atoms with E-state index in [9.17, 15) is 4.79 Å². The lowest BCUT2D eigenvalue weighted by Gasteiger charge is -1.99. The molecule has 2 rings (SSSR count). The minimum absolute atomic E-state index is 0.264. The van der Waals surface area contributed by atoms with E-state index in [-0.39, 0.29) is 5.69 Å². The lowest BCUT2D eigenvalue weighted by atomic mass is 10.4. The molecular formula is C10H10N4O3. The molecule has 2 aromatic rings. The van der Waals surface area contributed by atoms with Crippen LogP contribution >= 0.6 is 0 Å². The monoisotopic (exact) mass is 234 g/mol. The van der Waals surface area contributed by atoms with Gasteiger partial charge >= 0.3 is 5.97 Å². The van der Waals surface area contributed by atoms with Gasteiger partial charge in [0.15, 0.2) is 5.82 Å². The van der Waals surface area contributed by atoms with E-state index in [1.54, 1.807) is 6.07 Å². The highest BCUT2D eigenvalue weighted by Crippen LogP contribution is 2.16. The molecule has 2 aromatic heterocycles. The number of nitrogens with one attached hydrogen (secondary N) is 1. The number of ether oxygens (including phenoxy) is 2. The summed E-state index contributed by atoms with van der Waals surface area (Å²) < 4.78 is 9.53. The molecule has 7 nitrogen and oxygen atoms in total. The van der Waals surface area contributed by atoms with Crippen LogP contribution in [-0.2, 0) is 4.74 Å². The molecule has 0 atom stereocenters. The number of nitrogens with zero attached hydrogens (tertiary/aromatic N) is 3. The Morgan fingerprint density at radius 3 is 2.82 bits per heavy atom. The Hall–Kier alpha value is -2.44. The first kappa shape index (κ1) is 11.1. The van der Waals surface area contributed by atoms with Crippen LogP contribution in [0, 0.1) is 0 Å². The molecule has 0 fully saturated rings. The van der Waals surface area contributed by atoms with Crippen LogP contribution in [0.1, 0.15) is 10.5 Å². The van der Waals surface area contributed by atoms with Crippen LogP contribution in [0.15, 0.2) is 18.6 Å². The van der Waals surface area contributed by atoms with Crippen molar-refractivity contribution < 1.29 is 14.3 Å². The fourth-order valence-electron chi connectivity index (χ4n) is 1.25. The second kappa shape index (κ2) is 4.60. The molecule has 0 saturated heterocycles. The minimum atomic E-state index is -0.482. The summed E-state index contributed by atoms with van der Waals surface area (Å²) in [5.74, 6) is 0.391. The van der Waals surface area contributed by atoms with Crippen LogP contribution in [0.4, 0.5) is 0 Å². The second-order valence-electron chi connectivity index (χ2n) is 3.08. The number of carbonyl (C=O) groups is 1. The normalized spacial score (nSPS) is 10.0. The van der Waals surface area contributed by atoms with Gasteiger partial charge in [-0.2, -0.15) is 0 Å². The van der Waals surface area contributed by atoms with E-state index in [1.807, 2.05) is 0 Å². The summed E-state index contributed by atoms with van der Waals surface area (Å²) in [6.45, 7) is 0. The number of imidazole rings is 1. The van der Waals surface area contributed by atoms with Crippen molar-refractivity contribution in [1.29, 1.82) is 0 Å². The second-order valence-corrected chi connectivity index (χ2v) is 3.08. The summed E-state index contributed by atoms with van der Waals surface area (Å²) in [6.07, 6.45) is 2.74. The van der Waals surface area contributed by atoms with Gasteiger partial charge in [0.05, 0.1) is 20.4 Å². The van der Waals surface area contributed by atoms with Crippen molar-refractivity contribution in [1.82, 2.24) is 19.9 Å². The largest absolute Gasteiger partial charge is 0.481 e. The van der Waals surface area contributed by atoms with Crippen molar-refractivity contribution in [3.63, 3.8) is 0 Å². The highest BCUT2D eigenvalue weighted by Gasteiger charge is 2.11. The standard InChI is InChI=1S/C10H10N4O3/c1-16-8-3-6(12-5-13-8)9-11-4-7(14-9)10(15)17-2/h3-5H,1-2H3,(H,11,14). The van der Waals surface area contributed by atoms with Gasteiger partial charge < -0.3 is 14.5 Å². The Bertz CT molecular complexity index is 538. The topological polar surface area (TPSA) is 90.0 Å². The molecule has 88 valence electrons. The average molecular weight is 234 g/mol. The Morgan fingerprint density at radius 1 is 1.29 bits per heavy atom. The lowest BCUT2D eigenvalue weighted by Crippen LogP contribution is -2.01. The van der Waals surface area contributed by atoms with Gasteiger partial charge in [0.25, 0.3) is 0 Å². The third-order valence-electron chi connectivity index (χ3n) is 2.07. The van der Waals surface area contributed by atoms with E-state index in [4.69, 9.17) is 4.74 Å². The zero-order chi connectivity index (χ0) is 12.3. The quantitative estimate of drug-likeness (QED) is 0.784. The summed E-state index contributed by atoms with van der Waals surface area (Å²) >= 11 is 0. The Kier molecular flexibility index (Phi) is 2.99. The van der Waals surface area contributed by atoms with Crippen molar-refractivity contribution in [2.24, 2.45) is 0 Å². The van der Waals surface area contributed by atoms with Gasteiger partial charge in [0, 0.05) is 6.07 Å². The first-order valence-corrected chi connectivity index (χ1v) is 4.74. The zero-order valence-corrected chi connectivity index (χ0v) is 9.30. The first-order valence-electron chi connectivity index (χ1n) is 4.74. The molecule has 2 heterocycles. The third kappa shape index (κ3) is 2.22. The van der Waals surface area contributed by atoms with E-state index < -0.39 is 5.97 Å². The van der Waals surface area contributed by atoms with Crippen LogP contribution in [0.25, 0.3) is 11.5 Å². The van der Waals surface area contributed by atoms with E-state index >= 15 is 0 Å². The SMILES string of the molecule is COC(=O)c1cnc(-c2cc(OC)ncn2)[nH]1. The van der Waals surface area contributed by atoms with E-state index in [0.29, 0.717) is 17.4 Å². The zero-order valence-electron chi connectivity index (χ0n) is 9.30. The Morgan fingerprint density at radius 2 is 2.12 bits per heavy atom. The maximum atomic E-state index is 11.2.